The molecule has 0 aliphatic heterocycles. The molecule has 0 aromatic carbocycles. The maximum absolute atomic E-state index is 12.0. The Morgan fingerprint density at radius 3 is 2.61 bits per heavy atom. The minimum atomic E-state index is -0.872. The Morgan fingerprint density at radius 1 is 1.26 bits per heavy atom. The minimum absolute atomic E-state index is 0.0566. The maximum Gasteiger partial charge on any atom is 0.332 e. The van der Waals surface area contributed by atoms with Crippen LogP contribution in [0.3, 0.4) is 0 Å². The van der Waals surface area contributed by atoms with E-state index in [0.717, 1.165) is 25.7 Å². The van der Waals surface area contributed by atoms with Gasteiger partial charge in [-0.1, -0.05) is 19.3 Å². The lowest BCUT2D eigenvalue weighted by Crippen LogP contribution is -2.27. The molecule has 1 aliphatic rings. The maximum atomic E-state index is 12.0. The van der Waals surface area contributed by atoms with Crippen molar-refractivity contribution in [2.45, 2.75) is 51.9 Å². The van der Waals surface area contributed by atoms with Gasteiger partial charge in [0.1, 0.15) is 11.5 Å². The first-order valence-electron chi connectivity index (χ1n) is 7.80. The number of hydrazone groups is 1. The average molecular weight is 325 g/mol. The Balaban J connectivity index is 2.26. The van der Waals surface area contributed by atoms with Gasteiger partial charge in [0.05, 0.1) is 18.9 Å². The Morgan fingerprint density at radius 2 is 1.96 bits per heavy atom. The summed E-state index contributed by atoms with van der Waals surface area (Å²) in [7, 11) is 0. The van der Waals surface area contributed by atoms with Crippen LogP contribution in [0.25, 0.3) is 0 Å². The number of ether oxygens (including phenoxy) is 1. The van der Waals surface area contributed by atoms with Crippen LogP contribution in [0.1, 0.15) is 51.9 Å². The summed E-state index contributed by atoms with van der Waals surface area (Å²) in [5, 5.41) is 3.57. The standard InChI is InChI=1S/C15H23N3O5/c1-2-23-13(20)8-6-4-3-5-7-10-12(19)9-11(14(10)21)17-18-15(16)22/h10H,2-9H2,1H3,(H3,16,18,22)/b17-11-. The molecule has 1 unspecified atom stereocenters. The smallest absolute Gasteiger partial charge is 0.332 e. The summed E-state index contributed by atoms with van der Waals surface area (Å²) in [6, 6.07) is -0.872. The molecule has 0 bridgehead atoms. The Bertz CT molecular complexity index is 501. The lowest BCUT2D eigenvalue weighted by atomic mass is 9.97. The van der Waals surface area contributed by atoms with Crippen molar-refractivity contribution in [2.24, 2.45) is 16.8 Å². The van der Waals surface area contributed by atoms with E-state index in [1.165, 1.54) is 0 Å². The molecule has 1 rings (SSSR count). The number of hydrogen-bond donors (Lipinski definition) is 2. The van der Waals surface area contributed by atoms with Crippen molar-refractivity contribution < 1.29 is 23.9 Å². The number of primary amides is 1. The zero-order chi connectivity index (χ0) is 17.2. The number of urea groups is 1. The van der Waals surface area contributed by atoms with Crippen LogP contribution < -0.4 is 11.2 Å². The van der Waals surface area contributed by atoms with E-state index in [0.29, 0.717) is 19.4 Å². The third-order valence-electron chi connectivity index (χ3n) is 3.56. The van der Waals surface area contributed by atoms with Crippen LogP contribution in [0.15, 0.2) is 5.10 Å². The summed E-state index contributed by atoms with van der Waals surface area (Å²) in [4.78, 5) is 45.5. The highest BCUT2D eigenvalue weighted by Gasteiger charge is 2.37. The van der Waals surface area contributed by atoms with Gasteiger partial charge >= 0.3 is 12.0 Å². The molecular formula is C15H23N3O5. The first kappa shape index (κ1) is 18.8. The molecule has 0 spiro atoms. The van der Waals surface area contributed by atoms with Gasteiger partial charge in [-0.15, -0.1) is 0 Å². The van der Waals surface area contributed by atoms with E-state index < -0.39 is 11.9 Å². The van der Waals surface area contributed by atoms with Crippen LogP contribution >= 0.6 is 0 Å². The molecule has 1 aliphatic carbocycles. The van der Waals surface area contributed by atoms with E-state index in [1.54, 1.807) is 6.92 Å². The van der Waals surface area contributed by atoms with Crippen LogP contribution in [-0.4, -0.2) is 35.9 Å². The van der Waals surface area contributed by atoms with E-state index >= 15 is 0 Å². The predicted molar refractivity (Wildman–Crippen MR) is 82.6 cm³/mol. The fourth-order valence-electron chi connectivity index (χ4n) is 2.44. The monoisotopic (exact) mass is 325 g/mol. The molecule has 3 N–H and O–H groups in total. The van der Waals surface area contributed by atoms with Gasteiger partial charge in [0.25, 0.3) is 0 Å². The second-order valence-corrected chi connectivity index (χ2v) is 5.35. The first-order chi connectivity index (χ1) is 11.0. The van der Waals surface area contributed by atoms with Crippen molar-refractivity contribution in [3.8, 4) is 0 Å². The van der Waals surface area contributed by atoms with Crippen molar-refractivity contribution in [2.75, 3.05) is 6.61 Å². The van der Waals surface area contributed by atoms with Gasteiger partial charge < -0.3 is 10.5 Å². The average Bonchev–Trinajstić information content (AvgIpc) is 2.75. The van der Waals surface area contributed by atoms with Crippen LogP contribution in [-0.2, 0) is 19.1 Å². The van der Waals surface area contributed by atoms with E-state index in [9.17, 15) is 19.2 Å². The fourth-order valence-corrected chi connectivity index (χ4v) is 2.44. The van der Waals surface area contributed by atoms with Crippen molar-refractivity contribution >= 4 is 29.3 Å². The highest BCUT2D eigenvalue weighted by atomic mass is 16.5. The molecule has 0 radical (unpaired) electrons. The van der Waals surface area contributed by atoms with Crippen LogP contribution in [0, 0.1) is 5.92 Å². The topological polar surface area (TPSA) is 128 Å². The third-order valence-corrected chi connectivity index (χ3v) is 3.56. The van der Waals surface area contributed by atoms with E-state index in [1.807, 2.05) is 5.43 Å². The first-order valence-corrected chi connectivity index (χ1v) is 7.80. The number of nitrogens with one attached hydrogen (secondary N) is 1. The molecule has 2 amide bonds. The normalized spacial score (nSPS) is 19.2. The number of carbonyl (C=O) groups excluding carboxylic acids is 4. The third kappa shape index (κ3) is 6.58. The molecule has 0 heterocycles. The number of rotatable bonds is 9. The van der Waals surface area contributed by atoms with Crippen molar-refractivity contribution in [3.63, 3.8) is 0 Å². The zero-order valence-corrected chi connectivity index (χ0v) is 13.3. The molecule has 128 valence electrons. The van der Waals surface area contributed by atoms with Crippen molar-refractivity contribution in [3.05, 3.63) is 0 Å². The highest BCUT2D eigenvalue weighted by Crippen LogP contribution is 2.22. The van der Waals surface area contributed by atoms with Gasteiger partial charge in [0.2, 0.25) is 0 Å². The van der Waals surface area contributed by atoms with Crippen molar-refractivity contribution in [1.82, 2.24) is 5.43 Å². The van der Waals surface area contributed by atoms with Gasteiger partial charge in [-0.05, 0) is 19.8 Å². The lowest BCUT2D eigenvalue weighted by molar-refractivity contribution is -0.143. The van der Waals surface area contributed by atoms with E-state index in [2.05, 4.69) is 5.10 Å². The number of carbonyl (C=O) groups is 4. The van der Waals surface area contributed by atoms with Crippen LogP contribution in [0.4, 0.5) is 4.79 Å². The number of unbranched alkanes of at least 4 members (excludes halogenated alkanes) is 3. The number of nitrogens with two attached hydrogens (primary N) is 1. The van der Waals surface area contributed by atoms with Crippen LogP contribution in [0.2, 0.25) is 0 Å². The zero-order valence-electron chi connectivity index (χ0n) is 13.3. The summed E-state index contributed by atoms with van der Waals surface area (Å²) in [6.07, 6.45) is 3.94. The predicted octanol–water partition coefficient (Wildman–Crippen LogP) is 1.07. The minimum Gasteiger partial charge on any atom is -0.466 e. The van der Waals surface area contributed by atoms with E-state index in [-0.39, 0.29) is 29.7 Å². The lowest BCUT2D eigenvalue weighted by Gasteiger charge is -2.06. The second-order valence-electron chi connectivity index (χ2n) is 5.35. The van der Waals surface area contributed by atoms with E-state index in [4.69, 9.17) is 10.5 Å². The molecule has 0 aromatic rings. The quantitative estimate of drug-likeness (QED) is 0.284. The van der Waals surface area contributed by atoms with Crippen LogP contribution in [0.5, 0.6) is 0 Å². The molecule has 0 aromatic heterocycles. The molecule has 1 atom stereocenters. The number of amides is 2. The van der Waals surface area contributed by atoms with Crippen molar-refractivity contribution in [1.29, 1.82) is 0 Å². The molecular weight excluding hydrogens is 302 g/mol. The highest BCUT2D eigenvalue weighted by molar-refractivity contribution is 6.51. The molecule has 1 fully saturated rings. The Kier molecular flexibility index (Phi) is 7.93. The SMILES string of the molecule is CCOC(=O)CCCCCCC1C(=O)C/C(=N/NC(N)=O)C1=O. The Hall–Kier alpha value is -2.25. The number of esters is 1. The molecule has 1 saturated carbocycles. The number of hydrogen-bond acceptors (Lipinski definition) is 6. The number of Topliss-reactive ketones (excluding diaryl/α,β-unsaturated/α-hetero) is 2. The summed E-state index contributed by atoms with van der Waals surface area (Å²) in [5.74, 6) is -1.38. The van der Waals surface area contributed by atoms with Gasteiger partial charge in [-0.25, -0.2) is 10.2 Å². The van der Waals surface area contributed by atoms with Gasteiger partial charge in [-0.2, -0.15) is 5.10 Å². The summed E-state index contributed by atoms with van der Waals surface area (Å²) >= 11 is 0. The number of nitrogens with zero attached hydrogens (tertiary/aromatic N) is 1. The number of ketones is 2. The largest absolute Gasteiger partial charge is 0.466 e. The molecule has 8 nitrogen and oxygen atoms in total. The summed E-state index contributed by atoms with van der Waals surface area (Å²) in [6.45, 7) is 2.16. The second kappa shape index (κ2) is 9.70. The Labute approximate surface area is 134 Å². The summed E-state index contributed by atoms with van der Waals surface area (Å²) < 4.78 is 4.83. The van der Waals surface area contributed by atoms with Gasteiger partial charge in [0.15, 0.2) is 5.78 Å². The van der Waals surface area contributed by atoms with Gasteiger partial charge in [0, 0.05) is 6.42 Å². The van der Waals surface area contributed by atoms with Gasteiger partial charge in [-0.3, -0.25) is 14.4 Å². The fraction of sp³-hybridized carbons (Fsp3) is 0.667. The molecule has 0 saturated heterocycles. The molecule has 23 heavy (non-hydrogen) atoms. The summed E-state index contributed by atoms with van der Waals surface area (Å²) in [5.41, 5.74) is 6.90. The molecule has 8 heteroatoms.